The van der Waals surface area contributed by atoms with Crippen LogP contribution in [-0.4, -0.2) is 79.8 Å². The number of methoxy groups -OCH3 is 4. The molecule has 0 rings (SSSR count). The van der Waals surface area contributed by atoms with E-state index in [-0.39, 0.29) is 0 Å². The van der Waals surface area contributed by atoms with Gasteiger partial charge in [0.05, 0.1) is 18.3 Å². The summed E-state index contributed by atoms with van der Waals surface area (Å²) in [6.45, 7) is 40.7. The number of rotatable bonds is 16. The first-order valence-electron chi connectivity index (χ1n) is 17.1. The van der Waals surface area contributed by atoms with Crippen molar-refractivity contribution in [2.24, 2.45) is 35.5 Å². The Hall–Kier alpha value is -0.240. The topological polar surface area (TPSA) is 55.4 Å². The quantitative estimate of drug-likeness (QED) is 0.170. The zero-order valence-electron chi connectivity index (χ0n) is 33.6. The van der Waals surface area contributed by atoms with Gasteiger partial charge in [0.25, 0.3) is 0 Å². The molecular formula is C37H86O6. The van der Waals surface area contributed by atoms with E-state index in [1.54, 1.807) is 28.4 Å². The van der Waals surface area contributed by atoms with E-state index >= 15 is 0 Å². The van der Waals surface area contributed by atoms with Crippen LogP contribution < -0.4 is 0 Å². The maximum Gasteiger partial charge on any atom is 0.0569 e. The van der Waals surface area contributed by atoms with Crippen molar-refractivity contribution in [1.29, 1.82) is 0 Å². The van der Waals surface area contributed by atoms with Gasteiger partial charge < -0.3 is 28.4 Å². The Morgan fingerprint density at radius 2 is 0.698 bits per heavy atom. The SMILES string of the molecule is CCOC(C)C(C)C.CCOC(C)C(C)C.COC(C)C(C)C.COCC(C)C.COCCC(C)C.COCCC(C)C. The second-order valence-electron chi connectivity index (χ2n) is 13.2. The average molecular weight is 627 g/mol. The first-order chi connectivity index (χ1) is 19.9. The first kappa shape index (κ1) is 55.2. The van der Waals surface area contributed by atoms with Crippen LogP contribution in [0.15, 0.2) is 0 Å². The Bertz CT molecular complexity index is 411. The third-order valence-corrected chi connectivity index (χ3v) is 6.35. The summed E-state index contributed by atoms with van der Waals surface area (Å²) in [5.74, 6) is 4.17. The molecule has 0 N–H and O–H groups in total. The van der Waals surface area contributed by atoms with Crippen molar-refractivity contribution in [2.45, 2.75) is 149 Å². The minimum atomic E-state index is 0.403. The van der Waals surface area contributed by atoms with Crippen molar-refractivity contribution < 1.29 is 28.4 Å². The lowest BCUT2D eigenvalue weighted by molar-refractivity contribution is 0.0442. The predicted octanol–water partition coefficient (Wildman–Crippen LogP) is 10.5. The molecule has 0 aromatic heterocycles. The molecule has 0 aliphatic rings. The molecule has 0 fully saturated rings. The highest BCUT2D eigenvalue weighted by molar-refractivity contribution is 4.53. The largest absolute Gasteiger partial charge is 0.385 e. The second kappa shape index (κ2) is 43.9. The fraction of sp³-hybridized carbons (Fsp3) is 1.00. The van der Waals surface area contributed by atoms with E-state index in [9.17, 15) is 0 Å². The Morgan fingerprint density at radius 3 is 0.744 bits per heavy atom. The van der Waals surface area contributed by atoms with Gasteiger partial charge in [-0.05, 0) is 83.0 Å². The van der Waals surface area contributed by atoms with Crippen molar-refractivity contribution in [3.63, 3.8) is 0 Å². The molecule has 43 heavy (non-hydrogen) atoms. The van der Waals surface area contributed by atoms with Crippen molar-refractivity contribution in [2.75, 3.05) is 61.5 Å². The molecule has 0 aromatic rings. The fourth-order valence-electron chi connectivity index (χ4n) is 2.22. The lowest BCUT2D eigenvalue weighted by Crippen LogP contribution is -2.14. The normalized spacial score (nSPS) is 12.6. The lowest BCUT2D eigenvalue weighted by Gasteiger charge is -2.14. The summed E-state index contributed by atoms with van der Waals surface area (Å²) < 4.78 is 30.1. The maximum atomic E-state index is 5.30. The van der Waals surface area contributed by atoms with Crippen LogP contribution in [0.4, 0.5) is 0 Å². The van der Waals surface area contributed by atoms with E-state index in [0.717, 1.165) is 44.9 Å². The van der Waals surface area contributed by atoms with Crippen LogP contribution in [0, 0.1) is 35.5 Å². The summed E-state index contributed by atoms with van der Waals surface area (Å²) in [6, 6.07) is 0. The Balaban J connectivity index is -0.0000000957. The van der Waals surface area contributed by atoms with Gasteiger partial charge in [0, 0.05) is 61.5 Å². The average Bonchev–Trinajstić information content (AvgIpc) is 2.92. The van der Waals surface area contributed by atoms with Crippen molar-refractivity contribution >= 4 is 0 Å². The van der Waals surface area contributed by atoms with E-state index < -0.39 is 0 Å². The molecule has 0 heterocycles. The zero-order chi connectivity index (χ0) is 35.4. The maximum absolute atomic E-state index is 5.30. The number of hydrogen-bond acceptors (Lipinski definition) is 6. The Labute approximate surface area is 274 Å². The van der Waals surface area contributed by atoms with Gasteiger partial charge in [-0.1, -0.05) is 83.1 Å². The fourth-order valence-corrected chi connectivity index (χ4v) is 2.22. The van der Waals surface area contributed by atoms with E-state index in [0.29, 0.717) is 42.0 Å². The van der Waals surface area contributed by atoms with Gasteiger partial charge in [0.1, 0.15) is 0 Å². The van der Waals surface area contributed by atoms with Crippen LogP contribution >= 0.6 is 0 Å². The smallest absolute Gasteiger partial charge is 0.0569 e. The third kappa shape index (κ3) is 69.8. The van der Waals surface area contributed by atoms with E-state index in [4.69, 9.17) is 28.4 Å². The molecule has 0 aliphatic carbocycles. The number of ether oxygens (including phenoxy) is 6. The summed E-state index contributed by atoms with van der Waals surface area (Å²) in [5, 5.41) is 0. The molecule has 0 aliphatic heterocycles. The van der Waals surface area contributed by atoms with Gasteiger partial charge in [-0.25, -0.2) is 0 Å². The number of hydrogen-bond donors (Lipinski definition) is 0. The highest BCUT2D eigenvalue weighted by Crippen LogP contribution is 2.04. The van der Waals surface area contributed by atoms with Gasteiger partial charge in [0.2, 0.25) is 0 Å². The van der Waals surface area contributed by atoms with Gasteiger partial charge >= 0.3 is 0 Å². The summed E-state index contributed by atoms with van der Waals surface area (Å²) in [7, 11) is 6.94. The van der Waals surface area contributed by atoms with E-state index in [1.165, 1.54) is 12.8 Å². The van der Waals surface area contributed by atoms with Crippen LogP contribution in [0.1, 0.15) is 131 Å². The van der Waals surface area contributed by atoms with E-state index in [2.05, 4.69) is 104 Å². The molecule has 3 unspecified atom stereocenters. The summed E-state index contributed by atoms with van der Waals surface area (Å²) in [5.41, 5.74) is 0. The van der Waals surface area contributed by atoms with Crippen LogP contribution in [0.3, 0.4) is 0 Å². The Morgan fingerprint density at radius 1 is 0.395 bits per heavy atom. The van der Waals surface area contributed by atoms with Crippen molar-refractivity contribution in [3.05, 3.63) is 0 Å². The van der Waals surface area contributed by atoms with Crippen molar-refractivity contribution in [3.8, 4) is 0 Å². The highest BCUT2D eigenvalue weighted by atomic mass is 16.5. The summed E-state index contributed by atoms with van der Waals surface area (Å²) in [6.07, 6.45) is 3.59. The Kier molecular flexibility index (Phi) is 56.3. The molecule has 0 saturated heterocycles. The monoisotopic (exact) mass is 627 g/mol. The van der Waals surface area contributed by atoms with E-state index in [1.807, 2.05) is 13.8 Å². The van der Waals surface area contributed by atoms with Crippen molar-refractivity contribution in [1.82, 2.24) is 0 Å². The molecule has 0 radical (unpaired) electrons. The molecule has 270 valence electrons. The molecule has 6 nitrogen and oxygen atoms in total. The molecule has 6 heteroatoms. The van der Waals surface area contributed by atoms with Gasteiger partial charge in [-0.2, -0.15) is 0 Å². The van der Waals surface area contributed by atoms with Crippen LogP contribution in [0.2, 0.25) is 0 Å². The minimum absolute atomic E-state index is 0.403. The second-order valence-corrected chi connectivity index (χ2v) is 13.2. The lowest BCUT2D eigenvalue weighted by atomic mass is 10.1. The molecule has 0 amide bonds. The molecule has 0 spiro atoms. The third-order valence-electron chi connectivity index (χ3n) is 6.35. The molecule has 0 saturated carbocycles. The van der Waals surface area contributed by atoms with Gasteiger partial charge in [-0.3, -0.25) is 0 Å². The molecule has 0 bridgehead atoms. The molecule has 3 atom stereocenters. The molecular weight excluding hydrogens is 540 g/mol. The minimum Gasteiger partial charge on any atom is -0.385 e. The standard InChI is InChI=1S/2C7H16O.3C6H14O.C5H12O/c2*1-5-8-7(4)6(2)3;2*1-6(2)4-5-7-3;1-5(2)6(3)7-4;1-5(2)4-6-3/h2*6-7H,5H2,1-4H3;2*6H,4-5H2,1-3H3;5-6H,1-4H3;5H,4H2,1-3H3. The molecule has 0 aromatic carbocycles. The predicted molar refractivity (Wildman–Crippen MR) is 193 cm³/mol. The zero-order valence-corrected chi connectivity index (χ0v) is 33.6. The van der Waals surface area contributed by atoms with Crippen LogP contribution in [-0.2, 0) is 28.4 Å². The first-order valence-corrected chi connectivity index (χ1v) is 17.1. The van der Waals surface area contributed by atoms with Gasteiger partial charge in [-0.15, -0.1) is 0 Å². The van der Waals surface area contributed by atoms with Gasteiger partial charge in [0.15, 0.2) is 0 Å². The summed E-state index contributed by atoms with van der Waals surface area (Å²) >= 11 is 0. The van der Waals surface area contributed by atoms with Crippen LogP contribution in [0.5, 0.6) is 0 Å². The summed E-state index contributed by atoms with van der Waals surface area (Å²) in [4.78, 5) is 0. The van der Waals surface area contributed by atoms with Crippen LogP contribution in [0.25, 0.3) is 0 Å². The highest BCUT2D eigenvalue weighted by Gasteiger charge is 2.04.